The molecular weight excluding hydrogens is 465 g/mol. The number of benzene rings is 1. The van der Waals surface area contributed by atoms with Crippen LogP contribution < -0.4 is 10.1 Å². The van der Waals surface area contributed by atoms with E-state index >= 15 is 0 Å². The molecule has 1 aromatic carbocycles. The summed E-state index contributed by atoms with van der Waals surface area (Å²) in [5.74, 6) is 1.74. The Bertz CT molecular complexity index is 579. The van der Waals surface area contributed by atoms with Gasteiger partial charge in [-0.15, -0.1) is 24.0 Å². The van der Waals surface area contributed by atoms with Crippen molar-refractivity contribution in [1.29, 1.82) is 0 Å². The van der Waals surface area contributed by atoms with Crippen LogP contribution in [0.4, 0.5) is 0 Å². The molecule has 0 saturated carbocycles. The highest BCUT2D eigenvalue weighted by atomic mass is 127. The lowest BCUT2D eigenvalue weighted by molar-refractivity contribution is 0.153. The number of halogens is 2. The van der Waals surface area contributed by atoms with Crippen LogP contribution in [-0.4, -0.2) is 57.4 Å². The fraction of sp³-hybridized carbons (Fsp3) is 0.526. The molecule has 1 N–H and O–H groups in total. The third-order valence-corrected chi connectivity index (χ3v) is 4.21. The molecule has 0 atom stereocenters. The number of hydrogen-bond acceptors (Lipinski definition) is 3. The first-order valence-electron chi connectivity index (χ1n) is 8.82. The number of hydrogen-bond donors (Lipinski definition) is 1. The number of ether oxygens (including phenoxy) is 2. The standard InChI is InChI=1S/C19H28ClN3O2.HI/c1-3-21-19(22-11-8-16-9-13-24-14-10-16)23(2)12-15-25-18-6-4-17(20)5-7-18;/h4-7,9H,3,8,10-15H2,1-2H3,(H,21,22);1H. The average Bonchev–Trinajstić information content (AvgIpc) is 2.63. The summed E-state index contributed by atoms with van der Waals surface area (Å²) < 4.78 is 11.1. The highest BCUT2D eigenvalue weighted by molar-refractivity contribution is 14.0. The Labute approximate surface area is 178 Å². The molecule has 1 aliphatic heterocycles. The highest BCUT2D eigenvalue weighted by Crippen LogP contribution is 2.15. The zero-order valence-electron chi connectivity index (χ0n) is 15.5. The van der Waals surface area contributed by atoms with E-state index in [4.69, 9.17) is 26.1 Å². The van der Waals surface area contributed by atoms with Crippen molar-refractivity contribution in [1.82, 2.24) is 10.2 Å². The van der Waals surface area contributed by atoms with Gasteiger partial charge in [-0.2, -0.15) is 0 Å². The van der Waals surface area contributed by atoms with E-state index in [0.29, 0.717) is 11.6 Å². The molecule has 26 heavy (non-hydrogen) atoms. The molecule has 1 aromatic rings. The van der Waals surface area contributed by atoms with Crippen molar-refractivity contribution in [3.05, 3.63) is 40.9 Å². The van der Waals surface area contributed by atoms with Crippen LogP contribution in [0.25, 0.3) is 0 Å². The third-order valence-electron chi connectivity index (χ3n) is 3.96. The van der Waals surface area contributed by atoms with E-state index in [1.807, 2.05) is 31.3 Å². The van der Waals surface area contributed by atoms with E-state index in [1.54, 1.807) is 0 Å². The van der Waals surface area contributed by atoms with E-state index < -0.39 is 0 Å². The van der Waals surface area contributed by atoms with Crippen LogP contribution in [-0.2, 0) is 4.74 Å². The SMILES string of the molecule is CCNC(=NCCC1=CCOCC1)N(C)CCOc1ccc(Cl)cc1.I. The first-order chi connectivity index (χ1) is 12.2. The predicted molar refractivity (Wildman–Crippen MR) is 119 cm³/mol. The molecule has 0 spiro atoms. The van der Waals surface area contributed by atoms with Gasteiger partial charge in [0.05, 0.1) is 19.8 Å². The van der Waals surface area contributed by atoms with E-state index in [1.165, 1.54) is 5.57 Å². The van der Waals surface area contributed by atoms with Crippen molar-refractivity contribution < 1.29 is 9.47 Å². The predicted octanol–water partition coefficient (Wildman–Crippen LogP) is 3.97. The fourth-order valence-electron chi connectivity index (χ4n) is 2.50. The number of likely N-dealkylation sites (N-methyl/N-ethyl adjacent to an activating group) is 1. The normalized spacial score (nSPS) is 14.3. The summed E-state index contributed by atoms with van der Waals surface area (Å²) in [6, 6.07) is 7.42. The second kappa shape index (κ2) is 13.2. The van der Waals surface area contributed by atoms with Crippen molar-refractivity contribution in [2.45, 2.75) is 19.8 Å². The number of nitrogens with zero attached hydrogens (tertiary/aromatic N) is 2. The quantitative estimate of drug-likeness (QED) is 0.258. The summed E-state index contributed by atoms with van der Waals surface area (Å²) in [5.41, 5.74) is 1.44. The molecule has 0 saturated heterocycles. The van der Waals surface area contributed by atoms with Crippen LogP contribution in [0.3, 0.4) is 0 Å². The zero-order chi connectivity index (χ0) is 17.9. The van der Waals surface area contributed by atoms with Crippen LogP contribution in [0, 0.1) is 0 Å². The van der Waals surface area contributed by atoms with Gasteiger partial charge in [-0.05, 0) is 44.0 Å². The molecule has 2 rings (SSSR count). The van der Waals surface area contributed by atoms with Crippen LogP contribution in [0.1, 0.15) is 19.8 Å². The average molecular weight is 494 g/mol. The summed E-state index contributed by atoms with van der Waals surface area (Å²) in [6.07, 6.45) is 4.19. The molecule has 7 heteroatoms. The molecule has 5 nitrogen and oxygen atoms in total. The number of guanidine groups is 1. The summed E-state index contributed by atoms with van der Waals surface area (Å²) in [7, 11) is 2.03. The Morgan fingerprint density at radius 2 is 2.12 bits per heavy atom. The van der Waals surface area contributed by atoms with E-state index in [-0.39, 0.29) is 24.0 Å². The van der Waals surface area contributed by atoms with Gasteiger partial charge in [-0.3, -0.25) is 4.99 Å². The van der Waals surface area contributed by atoms with E-state index in [9.17, 15) is 0 Å². The highest BCUT2D eigenvalue weighted by Gasteiger charge is 2.07. The Kier molecular flexibility index (Phi) is 11.7. The number of rotatable bonds is 8. The maximum Gasteiger partial charge on any atom is 0.193 e. The number of nitrogens with one attached hydrogen (secondary N) is 1. The Balaban J connectivity index is 0.00000338. The van der Waals surface area contributed by atoms with Crippen LogP contribution in [0.2, 0.25) is 5.02 Å². The lowest BCUT2D eigenvalue weighted by atomic mass is 10.1. The molecule has 0 amide bonds. The van der Waals surface area contributed by atoms with E-state index in [2.05, 4.69) is 23.2 Å². The molecule has 0 bridgehead atoms. The van der Waals surface area contributed by atoms with Gasteiger partial charge >= 0.3 is 0 Å². The lowest BCUT2D eigenvalue weighted by Gasteiger charge is -2.22. The second-order valence-electron chi connectivity index (χ2n) is 5.90. The molecule has 1 heterocycles. The van der Waals surface area contributed by atoms with Crippen LogP contribution in [0.15, 0.2) is 40.9 Å². The van der Waals surface area contributed by atoms with Gasteiger partial charge < -0.3 is 19.7 Å². The molecule has 1 aliphatic rings. The first kappa shape index (κ1) is 23.0. The van der Waals surface area contributed by atoms with Crippen molar-refractivity contribution in [2.24, 2.45) is 4.99 Å². The maximum atomic E-state index is 5.88. The number of aliphatic imine (C=N–C) groups is 1. The topological polar surface area (TPSA) is 46.1 Å². The maximum absolute atomic E-state index is 5.88. The van der Waals surface area contributed by atoms with Crippen molar-refractivity contribution in [3.8, 4) is 5.75 Å². The van der Waals surface area contributed by atoms with Gasteiger partial charge in [-0.1, -0.05) is 23.3 Å². The smallest absolute Gasteiger partial charge is 0.193 e. The minimum Gasteiger partial charge on any atom is -0.492 e. The van der Waals surface area contributed by atoms with Gasteiger partial charge in [0.2, 0.25) is 0 Å². The van der Waals surface area contributed by atoms with Gasteiger partial charge in [0, 0.05) is 25.2 Å². The van der Waals surface area contributed by atoms with E-state index in [0.717, 1.165) is 57.4 Å². The summed E-state index contributed by atoms with van der Waals surface area (Å²) in [6.45, 7) is 6.62. The van der Waals surface area contributed by atoms with Gasteiger partial charge in [0.1, 0.15) is 12.4 Å². The summed E-state index contributed by atoms with van der Waals surface area (Å²) >= 11 is 5.88. The Morgan fingerprint density at radius 1 is 1.35 bits per heavy atom. The van der Waals surface area contributed by atoms with Crippen molar-refractivity contribution in [2.75, 3.05) is 46.5 Å². The lowest BCUT2D eigenvalue weighted by Crippen LogP contribution is -2.41. The molecule has 0 aromatic heterocycles. The largest absolute Gasteiger partial charge is 0.492 e. The van der Waals surface area contributed by atoms with Crippen LogP contribution >= 0.6 is 35.6 Å². The molecule has 0 aliphatic carbocycles. The minimum absolute atomic E-state index is 0. The molecule has 146 valence electrons. The Morgan fingerprint density at radius 3 is 2.77 bits per heavy atom. The minimum atomic E-state index is 0. The molecule has 0 radical (unpaired) electrons. The van der Waals surface area contributed by atoms with Crippen LogP contribution in [0.5, 0.6) is 5.75 Å². The monoisotopic (exact) mass is 493 g/mol. The van der Waals surface area contributed by atoms with Crippen molar-refractivity contribution >= 4 is 41.5 Å². The molecule has 0 fully saturated rings. The van der Waals surface area contributed by atoms with Gasteiger partial charge in [0.25, 0.3) is 0 Å². The molecule has 0 unspecified atom stereocenters. The summed E-state index contributed by atoms with van der Waals surface area (Å²) in [4.78, 5) is 6.82. The van der Waals surface area contributed by atoms with Gasteiger partial charge in [-0.25, -0.2) is 0 Å². The van der Waals surface area contributed by atoms with Gasteiger partial charge in [0.15, 0.2) is 5.96 Å². The fourth-order valence-corrected chi connectivity index (χ4v) is 2.63. The third kappa shape index (κ3) is 8.60. The summed E-state index contributed by atoms with van der Waals surface area (Å²) in [5, 5.41) is 4.05. The first-order valence-corrected chi connectivity index (χ1v) is 9.20. The molecular formula is C19H29ClIN3O2. The van der Waals surface area contributed by atoms with Crippen molar-refractivity contribution in [3.63, 3.8) is 0 Å². The zero-order valence-corrected chi connectivity index (χ0v) is 18.6. The second-order valence-corrected chi connectivity index (χ2v) is 6.33. The Hall–Kier alpha value is -0.990.